The van der Waals surface area contributed by atoms with Gasteiger partial charge in [-0.1, -0.05) is 68.4 Å². The lowest BCUT2D eigenvalue weighted by Gasteiger charge is -2.26. The van der Waals surface area contributed by atoms with Gasteiger partial charge in [0.05, 0.1) is 0 Å². The van der Waals surface area contributed by atoms with Gasteiger partial charge in [0.15, 0.2) is 0 Å². The van der Waals surface area contributed by atoms with Gasteiger partial charge in [-0.3, -0.25) is 0 Å². The maximum absolute atomic E-state index is 2.31. The van der Waals surface area contributed by atoms with Crippen LogP contribution in [-0.2, 0) is 11.8 Å². The zero-order valence-corrected chi connectivity index (χ0v) is 10.9. The van der Waals surface area contributed by atoms with E-state index in [0.717, 1.165) is 6.42 Å². The molecule has 0 amide bonds. The number of hydrogen-bond acceptors (Lipinski definition) is 0. The molecular weight excluding hydrogens is 204 g/mol. The van der Waals surface area contributed by atoms with E-state index in [4.69, 9.17) is 0 Å². The fraction of sp³-hybridized carbons (Fsp3) is 0.294. The fourth-order valence-corrected chi connectivity index (χ4v) is 2.28. The molecule has 0 heteroatoms. The summed E-state index contributed by atoms with van der Waals surface area (Å²) in [6, 6.07) is 19.4. The van der Waals surface area contributed by atoms with E-state index in [-0.39, 0.29) is 5.41 Å². The topological polar surface area (TPSA) is 0 Å². The molecule has 0 nitrogen and oxygen atoms in total. The maximum atomic E-state index is 2.31. The SMILES string of the molecule is Cc1ccccc1CC(C)(C)c1ccccc1. The molecule has 0 aliphatic carbocycles. The van der Waals surface area contributed by atoms with E-state index in [9.17, 15) is 0 Å². The van der Waals surface area contributed by atoms with Crippen molar-refractivity contribution in [2.75, 3.05) is 0 Å². The molecule has 0 N–H and O–H groups in total. The molecule has 2 aromatic carbocycles. The Hall–Kier alpha value is -1.56. The summed E-state index contributed by atoms with van der Waals surface area (Å²) in [5.41, 5.74) is 4.43. The Bertz CT molecular complexity index is 480. The minimum Gasteiger partial charge on any atom is -0.0622 e. The van der Waals surface area contributed by atoms with Crippen LogP contribution in [0.2, 0.25) is 0 Å². The molecule has 0 unspecified atom stereocenters. The molecule has 2 aromatic rings. The van der Waals surface area contributed by atoms with Crippen LogP contribution in [0.4, 0.5) is 0 Å². The van der Waals surface area contributed by atoms with Crippen molar-refractivity contribution in [2.24, 2.45) is 0 Å². The first-order valence-electron chi connectivity index (χ1n) is 6.20. The molecule has 0 aromatic heterocycles. The van der Waals surface area contributed by atoms with Crippen LogP contribution >= 0.6 is 0 Å². The summed E-state index contributed by atoms with van der Waals surface area (Å²) in [6.45, 7) is 6.82. The zero-order valence-electron chi connectivity index (χ0n) is 10.9. The lowest BCUT2D eigenvalue weighted by atomic mass is 9.78. The Kier molecular flexibility index (Phi) is 3.33. The van der Waals surface area contributed by atoms with Crippen LogP contribution in [0.3, 0.4) is 0 Å². The second kappa shape index (κ2) is 4.75. The molecule has 88 valence electrons. The minimum absolute atomic E-state index is 0.188. The highest BCUT2D eigenvalue weighted by Gasteiger charge is 2.21. The Morgan fingerprint density at radius 3 is 2.06 bits per heavy atom. The minimum atomic E-state index is 0.188. The van der Waals surface area contributed by atoms with Crippen molar-refractivity contribution in [1.29, 1.82) is 0 Å². The van der Waals surface area contributed by atoms with E-state index in [1.54, 1.807) is 0 Å². The van der Waals surface area contributed by atoms with Gasteiger partial charge in [-0.2, -0.15) is 0 Å². The van der Waals surface area contributed by atoms with Gasteiger partial charge in [0.25, 0.3) is 0 Å². The van der Waals surface area contributed by atoms with Gasteiger partial charge in [0, 0.05) is 0 Å². The van der Waals surface area contributed by atoms with Gasteiger partial charge in [0.2, 0.25) is 0 Å². The molecule has 0 saturated heterocycles. The molecular formula is C17H20. The van der Waals surface area contributed by atoms with Crippen molar-refractivity contribution in [1.82, 2.24) is 0 Å². The third-order valence-corrected chi connectivity index (χ3v) is 3.45. The molecule has 0 aliphatic rings. The predicted octanol–water partition coefficient (Wildman–Crippen LogP) is 4.52. The monoisotopic (exact) mass is 224 g/mol. The fourth-order valence-electron chi connectivity index (χ4n) is 2.28. The summed E-state index contributed by atoms with van der Waals surface area (Å²) < 4.78 is 0. The lowest BCUT2D eigenvalue weighted by Crippen LogP contribution is -2.20. The Balaban J connectivity index is 2.27. The molecule has 0 radical (unpaired) electrons. The molecule has 2 rings (SSSR count). The molecule has 0 heterocycles. The highest BCUT2D eigenvalue weighted by atomic mass is 14.2. The number of benzene rings is 2. The first kappa shape index (κ1) is 11.9. The van der Waals surface area contributed by atoms with Crippen molar-refractivity contribution in [3.05, 3.63) is 71.3 Å². The van der Waals surface area contributed by atoms with E-state index >= 15 is 0 Å². The molecule has 0 atom stereocenters. The van der Waals surface area contributed by atoms with Gasteiger partial charge in [-0.15, -0.1) is 0 Å². The number of aryl methyl sites for hydroxylation is 1. The van der Waals surface area contributed by atoms with Crippen LogP contribution in [0, 0.1) is 6.92 Å². The number of hydrogen-bond donors (Lipinski definition) is 0. The summed E-state index contributed by atoms with van der Waals surface area (Å²) in [5, 5.41) is 0. The normalized spacial score (nSPS) is 11.5. The Morgan fingerprint density at radius 1 is 0.824 bits per heavy atom. The van der Waals surface area contributed by atoms with Crippen molar-refractivity contribution in [3.63, 3.8) is 0 Å². The van der Waals surface area contributed by atoms with E-state index in [1.165, 1.54) is 16.7 Å². The van der Waals surface area contributed by atoms with E-state index in [2.05, 4.69) is 75.4 Å². The smallest absolute Gasteiger partial charge is 0.00631 e. The zero-order chi connectivity index (χ0) is 12.3. The summed E-state index contributed by atoms with van der Waals surface area (Å²) in [5.74, 6) is 0. The predicted molar refractivity (Wildman–Crippen MR) is 74.4 cm³/mol. The highest BCUT2D eigenvalue weighted by molar-refractivity contribution is 5.31. The summed E-state index contributed by atoms with van der Waals surface area (Å²) >= 11 is 0. The Morgan fingerprint density at radius 2 is 1.41 bits per heavy atom. The number of rotatable bonds is 3. The van der Waals surface area contributed by atoms with Gasteiger partial charge in [-0.25, -0.2) is 0 Å². The van der Waals surface area contributed by atoms with Crippen LogP contribution in [0.1, 0.15) is 30.5 Å². The van der Waals surface area contributed by atoms with Crippen molar-refractivity contribution in [3.8, 4) is 0 Å². The summed E-state index contributed by atoms with van der Waals surface area (Å²) in [7, 11) is 0. The van der Waals surface area contributed by atoms with Crippen LogP contribution in [-0.4, -0.2) is 0 Å². The molecule has 0 spiro atoms. The quantitative estimate of drug-likeness (QED) is 0.719. The molecule has 0 bridgehead atoms. The average Bonchev–Trinajstić information content (AvgIpc) is 2.33. The van der Waals surface area contributed by atoms with Gasteiger partial charge >= 0.3 is 0 Å². The van der Waals surface area contributed by atoms with E-state index in [0.29, 0.717) is 0 Å². The molecule has 0 fully saturated rings. The van der Waals surface area contributed by atoms with Crippen molar-refractivity contribution >= 4 is 0 Å². The van der Waals surface area contributed by atoms with Crippen LogP contribution < -0.4 is 0 Å². The van der Waals surface area contributed by atoms with Gasteiger partial charge < -0.3 is 0 Å². The molecule has 0 aliphatic heterocycles. The van der Waals surface area contributed by atoms with E-state index < -0.39 is 0 Å². The van der Waals surface area contributed by atoms with Crippen LogP contribution in [0.5, 0.6) is 0 Å². The van der Waals surface area contributed by atoms with Gasteiger partial charge in [0.1, 0.15) is 0 Å². The summed E-state index contributed by atoms with van der Waals surface area (Å²) in [4.78, 5) is 0. The van der Waals surface area contributed by atoms with Crippen molar-refractivity contribution in [2.45, 2.75) is 32.6 Å². The molecule has 0 saturated carbocycles. The van der Waals surface area contributed by atoms with Crippen LogP contribution in [0.15, 0.2) is 54.6 Å². The highest BCUT2D eigenvalue weighted by Crippen LogP contribution is 2.28. The van der Waals surface area contributed by atoms with Gasteiger partial charge in [-0.05, 0) is 35.4 Å². The maximum Gasteiger partial charge on any atom is -0.00631 e. The summed E-state index contributed by atoms with van der Waals surface area (Å²) in [6.07, 6.45) is 1.09. The third kappa shape index (κ3) is 2.76. The Labute approximate surface area is 104 Å². The first-order valence-corrected chi connectivity index (χ1v) is 6.20. The largest absolute Gasteiger partial charge is 0.0622 e. The second-order valence-corrected chi connectivity index (χ2v) is 5.35. The third-order valence-electron chi connectivity index (χ3n) is 3.45. The standard InChI is InChI=1S/C17H20/c1-14-9-7-8-10-15(14)13-17(2,3)16-11-5-4-6-12-16/h4-12H,13H2,1-3H3. The second-order valence-electron chi connectivity index (χ2n) is 5.35. The van der Waals surface area contributed by atoms with Crippen LogP contribution in [0.25, 0.3) is 0 Å². The first-order chi connectivity index (χ1) is 8.09. The molecule has 17 heavy (non-hydrogen) atoms. The average molecular weight is 224 g/mol. The van der Waals surface area contributed by atoms with E-state index in [1.807, 2.05) is 0 Å². The van der Waals surface area contributed by atoms with Crippen molar-refractivity contribution < 1.29 is 0 Å². The lowest BCUT2D eigenvalue weighted by molar-refractivity contribution is 0.521.